The Morgan fingerprint density at radius 1 is 1.26 bits per heavy atom. The first-order valence-electron chi connectivity index (χ1n) is 8.84. The van der Waals surface area contributed by atoms with Crippen LogP contribution in [0.25, 0.3) is 11.3 Å². The molecule has 148 valence electrons. The van der Waals surface area contributed by atoms with Gasteiger partial charge in [0.15, 0.2) is 5.13 Å². The molecule has 0 spiro atoms. The lowest BCUT2D eigenvalue weighted by molar-refractivity contribution is -0.136. The Morgan fingerprint density at radius 2 is 2.00 bits per heavy atom. The van der Waals surface area contributed by atoms with Gasteiger partial charge in [-0.25, -0.2) is 4.98 Å². The quantitative estimate of drug-likeness (QED) is 0.555. The molecule has 0 amide bonds. The van der Waals surface area contributed by atoms with Crippen LogP contribution in [0.2, 0.25) is 10.0 Å². The van der Waals surface area contributed by atoms with Crippen molar-refractivity contribution in [2.45, 2.75) is 33.1 Å². The van der Waals surface area contributed by atoms with Gasteiger partial charge in [-0.3, -0.25) is 4.79 Å². The van der Waals surface area contributed by atoms with Crippen LogP contribution in [0.4, 0.5) is 5.13 Å². The van der Waals surface area contributed by atoms with Crippen LogP contribution in [0.5, 0.6) is 0 Å². The van der Waals surface area contributed by atoms with Gasteiger partial charge in [0.1, 0.15) is 0 Å². The summed E-state index contributed by atoms with van der Waals surface area (Å²) in [5, 5.41) is 19.9. The summed E-state index contributed by atoms with van der Waals surface area (Å²) < 4.78 is 0. The highest BCUT2D eigenvalue weighted by Gasteiger charge is 2.19. The number of benzene rings is 1. The lowest BCUT2D eigenvalue weighted by Crippen LogP contribution is -2.27. The van der Waals surface area contributed by atoms with E-state index in [1.807, 2.05) is 17.0 Å². The van der Waals surface area contributed by atoms with E-state index in [0.717, 1.165) is 27.7 Å². The van der Waals surface area contributed by atoms with E-state index in [1.165, 1.54) is 0 Å². The second-order valence-electron chi connectivity index (χ2n) is 6.70. The lowest BCUT2D eigenvalue weighted by atomic mass is 10.0. The van der Waals surface area contributed by atoms with E-state index in [-0.39, 0.29) is 13.0 Å². The third-order valence-electron chi connectivity index (χ3n) is 3.92. The van der Waals surface area contributed by atoms with Crippen molar-refractivity contribution in [2.75, 3.05) is 24.6 Å². The number of aliphatic hydroxyl groups excluding tert-OH is 1. The van der Waals surface area contributed by atoms with Crippen LogP contribution < -0.4 is 4.90 Å². The van der Waals surface area contributed by atoms with Crippen LogP contribution in [0.1, 0.15) is 31.6 Å². The minimum Gasteiger partial charge on any atom is -0.481 e. The molecular formula is C19H24Cl2N2O3S. The molecule has 2 rings (SSSR count). The smallest absolute Gasteiger partial charge is 0.305 e. The van der Waals surface area contributed by atoms with Gasteiger partial charge in [-0.2, -0.15) is 0 Å². The number of aliphatic hydroxyl groups is 1. The average Bonchev–Trinajstić information content (AvgIpc) is 3.00. The highest BCUT2D eigenvalue weighted by molar-refractivity contribution is 7.16. The molecule has 0 bridgehead atoms. The van der Waals surface area contributed by atoms with E-state index < -0.39 is 5.97 Å². The summed E-state index contributed by atoms with van der Waals surface area (Å²) in [6.45, 7) is 5.25. The zero-order valence-electron chi connectivity index (χ0n) is 15.4. The zero-order chi connectivity index (χ0) is 20.0. The van der Waals surface area contributed by atoms with Crippen LogP contribution in [-0.4, -0.2) is 40.9 Å². The molecule has 5 nitrogen and oxygen atoms in total. The molecule has 0 aliphatic heterocycles. The van der Waals surface area contributed by atoms with Crippen molar-refractivity contribution in [1.82, 2.24) is 4.98 Å². The third-order valence-corrected chi connectivity index (χ3v) is 5.80. The van der Waals surface area contributed by atoms with E-state index in [2.05, 4.69) is 13.8 Å². The molecule has 0 unspecified atom stereocenters. The molecule has 1 aromatic heterocycles. The zero-order valence-corrected chi connectivity index (χ0v) is 17.7. The van der Waals surface area contributed by atoms with Gasteiger partial charge < -0.3 is 15.1 Å². The number of rotatable bonds is 10. The van der Waals surface area contributed by atoms with Crippen molar-refractivity contribution in [3.63, 3.8) is 0 Å². The molecule has 0 saturated heterocycles. The average molecular weight is 431 g/mol. The standard InChI is InChI=1S/C19H24Cl2N2O3S/c1-12(2)10-16-18(13-4-5-14(20)15(21)11-13)22-19(27-16)23(7-3-9-24)8-6-17(25)26/h4-5,11-12,24H,3,6-10H2,1-2H3,(H,25,26). The van der Waals surface area contributed by atoms with Crippen molar-refractivity contribution in [3.05, 3.63) is 33.1 Å². The predicted octanol–water partition coefficient (Wildman–Crippen LogP) is 4.98. The lowest BCUT2D eigenvalue weighted by Gasteiger charge is -2.20. The highest BCUT2D eigenvalue weighted by Crippen LogP contribution is 2.37. The number of aliphatic carboxylic acids is 1. The monoisotopic (exact) mass is 430 g/mol. The molecule has 2 N–H and O–H groups in total. The number of halogens is 2. The van der Waals surface area contributed by atoms with Gasteiger partial charge in [0.05, 0.1) is 22.2 Å². The first-order chi connectivity index (χ1) is 12.8. The Morgan fingerprint density at radius 3 is 2.59 bits per heavy atom. The number of carboxylic acids is 1. The van der Waals surface area contributed by atoms with Crippen LogP contribution in [0.15, 0.2) is 18.2 Å². The number of nitrogens with zero attached hydrogens (tertiary/aromatic N) is 2. The molecule has 8 heteroatoms. The maximum Gasteiger partial charge on any atom is 0.305 e. The van der Waals surface area contributed by atoms with E-state index in [1.54, 1.807) is 17.4 Å². The summed E-state index contributed by atoms with van der Waals surface area (Å²) in [4.78, 5) is 18.9. The second kappa shape index (κ2) is 10.3. The van der Waals surface area contributed by atoms with E-state index in [4.69, 9.17) is 38.4 Å². The molecule has 0 radical (unpaired) electrons. The van der Waals surface area contributed by atoms with E-state index >= 15 is 0 Å². The van der Waals surface area contributed by atoms with Crippen molar-refractivity contribution >= 4 is 45.6 Å². The van der Waals surface area contributed by atoms with Crippen LogP contribution in [0, 0.1) is 5.92 Å². The molecule has 0 fully saturated rings. The van der Waals surface area contributed by atoms with Crippen LogP contribution in [-0.2, 0) is 11.2 Å². The Labute approximate surface area is 173 Å². The molecule has 0 aliphatic carbocycles. The molecule has 0 saturated carbocycles. The highest BCUT2D eigenvalue weighted by atomic mass is 35.5. The third kappa shape index (κ3) is 6.35. The molecule has 1 aromatic carbocycles. The largest absolute Gasteiger partial charge is 0.481 e. The fourth-order valence-corrected chi connectivity index (χ4v) is 4.29. The van der Waals surface area contributed by atoms with E-state index in [0.29, 0.717) is 35.5 Å². The van der Waals surface area contributed by atoms with Crippen molar-refractivity contribution in [3.8, 4) is 11.3 Å². The van der Waals surface area contributed by atoms with Gasteiger partial charge in [0, 0.05) is 30.1 Å². The van der Waals surface area contributed by atoms with Gasteiger partial charge in [0.2, 0.25) is 0 Å². The normalized spacial score (nSPS) is 11.2. The fourth-order valence-electron chi connectivity index (χ4n) is 2.65. The molecule has 27 heavy (non-hydrogen) atoms. The fraction of sp³-hybridized carbons (Fsp3) is 0.474. The Balaban J connectivity index is 2.41. The van der Waals surface area contributed by atoms with Gasteiger partial charge in [-0.15, -0.1) is 11.3 Å². The number of aromatic nitrogens is 1. The minimum atomic E-state index is -0.854. The molecular weight excluding hydrogens is 407 g/mol. The summed E-state index contributed by atoms with van der Waals surface area (Å²) in [5.41, 5.74) is 1.74. The molecule has 2 aromatic rings. The van der Waals surface area contributed by atoms with Gasteiger partial charge >= 0.3 is 5.97 Å². The number of hydrogen-bond donors (Lipinski definition) is 2. The summed E-state index contributed by atoms with van der Waals surface area (Å²) >= 11 is 13.8. The van der Waals surface area contributed by atoms with Crippen molar-refractivity contribution in [1.29, 1.82) is 0 Å². The minimum absolute atomic E-state index is 0.0205. The maximum absolute atomic E-state index is 11.0. The van der Waals surface area contributed by atoms with Crippen molar-refractivity contribution in [2.24, 2.45) is 5.92 Å². The first-order valence-corrected chi connectivity index (χ1v) is 10.4. The van der Waals surface area contributed by atoms with Gasteiger partial charge in [0.25, 0.3) is 0 Å². The van der Waals surface area contributed by atoms with Crippen molar-refractivity contribution < 1.29 is 15.0 Å². The number of carbonyl (C=O) groups is 1. The Bertz CT molecular complexity index is 780. The summed E-state index contributed by atoms with van der Waals surface area (Å²) in [7, 11) is 0. The SMILES string of the molecule is CC(C)Cc1sc(N(CCCO)CCC(=O)O)nc1-c1ccc(Cl)c(Cl)c1. The Kier molecular flexibility index (Phi) is 8.35. The summed E-state index contributed by atoms with van der Waals surface area (Å²) in [6.07, 6.45) is 1.44. The van der Waals surface area contributed by atoms with Gasteiger partial charge in [-0.1, -0.05) is 43.1 Å². The van der Waals surface area contributed by atoms with Gasteiger partial charge in [-0.05, 0) is 30.9 Å². The number of anilines is 1. The molecule has 1 heterocycles. The molecule has 0 atom stereocenters. The summed E-state index contributed by atoms with van der Waals surface area (Å²) in [5.74, 6) is -0.405. The second-order valence-corrected chi connectivity index (χ2v) is 8.58. The molecule has 0 aliphatic rings. The maximum atomic E-state index is 11.0. The Hall–Kier alpha value is -1.34. The van der Waals surface area contributed by atoms with Crippen LogP contribution in [0.3, 0.4) is 0 Å². The topological polar surface area (TPSA) is 73.7 Å². The summed E-state index contributed by atoms with van der Waals surface area (Å²) in [6, 6.07) is 5.46. The number of thiazole rings is 1. The van der Waals surface area contributed by atoms with Crippen LogP contribution >= 0.6 is 34.5 Å². The first kappa shape index (κ1) is 22.0. The number of hydrogen-bond acceptors (Lipinski definition) is 5. The predicted molar refractivity (Wildman–Crippen MR) is 112 cm³/mol. The van der Waals surface area contributed by atoms with E-state index in [9.17, 15) is 4.79 Å². The number of carboxylic acid groups (broad SMARTS) is 1.